The van der Waals surface area contributed by atoms with Crippen LogP contribution in [0.15, 0.2) is 24.3 Å². The van der Waals surface area contributed by atoms with Crippen molar-refractivity contribution in [2.45, 2.75) is 69.7 Å². The van der Waals surface area contributed by atoms with Crippen LogP contribution < -0.4 is 43.8 Å². The number of aromatic hydroxyl groups is 1. The second-order valence-electron chi connectivity index (χ2n) is 9.55. The van der Waals surface area contributed by atoms with Crippen LogP contribution in [0.1, 0.15) is 38.7 Å². The van der Waals surface area contributed by atoms with Crippen LogP contribution >= 0.6 is 0 Å². The number of carboxylic acid groups (broad SMARTS) is 1. The number of phenols is 1. The van der Waals surface area contributed by atoms with Gasteiger partial charge in [-0.05, 0) is 44.4 Å². The topological polar surface area (TPSA) is 305 Å². The molecule has 0 unspecified atom stereocenters. The van der Waals surface area contributed by atoms with E-state index in [0.29, 0.717) is 5.56 Å². The molecule has 0 saturated carbocycles. The number of amides is 5. The molecule has 0 saturated heterocycles. The molecule has 0 spiro atoms. The van der Waals surface area contributed by atoms with Crippen LogP contribution in [-0.2, 0) is 35.2 Å². The molecule has 14 N–H and O–H groups in total. The summed E-state index contributed by atoms with van der Waals surface area (Å²) in [6.07, 6.45) is -0.215. The number of nitrogens with one attached hydrogen (secondary N) is 6. The second-order valence-corrected chi connectivity index (χ2v) is 9.55. The van der Waals surface area contributed by atoms with Crippen molar-refractivity contribution in [1.29, 1.82) is 5.41 Å². The minimum absolute atomic E-state index is 0.0221. The Labute approximate surface area is 241 Å². The number of nitrogens with two attached hydrogens (primary N) is 3. The minimum atomic E-state index is -1.30. The third kappa shape index (κ3) is 12.9. The zero-order valence-electron chi connectivity index (χ0n) is 23.3. The standard InChI is InChI=1S/C25H39N9O8/c1-12(31-22(39)16(26)11-19(27)36)21(38)34-18(10-14-5-7-15(35)8-6-14)23(40)32-13(2)20(37)33-17(24(41)42)4-3-9-30-25(28)29/h5-8,12-13,16-18,35H,3-4,9-11,26H2,1-2H3,(H2,27,36)(H,31,39)(H,32,40)(H,33,37)(H,34,38)(H,41,42)(H4,28,29,30)/t12-,13-,16-,17-,18-/m0/s1. The first-order valence-electron chi connectivity index (χ1n) is 12.9. The largest absolute Gasteiger partial charge is 0.508 e. The third-order valence-electron chi connectivity index (χ3n) is 5.87. The van der Waals surface area contributed by atoms with Crippen LogP contribution in [0.25, 0.3) is 0 Å². The Kier molecular flexibility index (Phi) is 14.2. The number of hydrogen-bond donors (Lipinski definition) is 11. The Bertz CT molecular complexity index is 1150. The van der Waals surface area contributed by atoms with E-state index < -0.39 is 72.1 Å². The molecule has 0 radical (unpaired) electrons. The highest BCUT2D eigenvalue weighted by atomic mass is 16.4. The Balaban J connectivity index is 2.93. The Morgan fingerprint density at radius 3 is 1.86 bits per heavy atom. The van der Waals surface area contributed by atoms with E-state index in [4.69, 9.17) is 22.6 Å². The van der Waals surface area contributed by atoms with Gasteiger partial charge in [0.1, 0.15) is 29.9 Å². The molecule has 0 heterocycles. The van der Waals surface area contributed by atoms with Crippen molar-refractivity contribution in [2.75, 3.05) is 6.54 Å². The molecule has 17 heteroatoms. The molecular formula is C25H39N9O8. The first-order valence-corrected chi connectivity index (χ1v) is 12.9. The number of carbonyl (C=O) groups excluding carboxylic acids is 5. The van der Waals surface area contributed by atoms with Gasteiger partial charge in [0.15, 0.2) is 5.96 Å². The van der Waals surface area contributed by atoms with E-state index in [0.717, 1.165) is 0 Å². The molecule has 0 aliphatic heterocycles. The fraction of sp³-hybridized carbons (Fsp3) is 0.480. The van der Waals surface area contributed by atoms with E-state index in [2.05, 4.69) is 26.6 Å². The van der Waals surface area contributed by atoms with Crippen molar-refractivity contribution in [3.8, 4) is 5.75 Å². The van der Waals surface area contributed by atoms with Crippen molar-refractivity contribution in [2.24, 2.45) is 17.2 Å². The number of hydrogen-bond acceptors (Lipinski definition) is 9. The normalized spacial score (nSPS) is 14.2. The molecule has 5 amide bonds. The average molecular weight is 594 g/mol. The summed E-state index contributed by atoms with van der Waals surface area (Å²) in [6.45, 7) is 2.87. The number of primary amides is 1. The Hall–Kier alpha value is -4.93. The zero-order chi connectivity index (χ0) is 32.0. The van der Waals surface area contributed by atoms with Gasteiger partial charge in [0, 0.05) is 13.0 Å². The SMILES string of the molecule is C[C@H](NC(=O)[C@H](Cc1ccc(O)cc1)NC(=O)[C@H](C)NC(=O)[C@@H](N)CC(N)=O)C(=O)N[C@@H](CCCNC(=N)N)C(=O)O. The summed E-state index contributed by atoms with van der Waals surface area (Å²) in [4.78, 5) is 73.5. The number of rotatable bonds is 17. The molecular weight excluding hydrogens is 554 g/mol. The highest BCUT2D eigenvalue weighted by molar-refractivity contribution is 5.95. The fourth-order valence-electron chi connectivity index (χ4n) is 3.53. The third-order valence-corrected chi connectivity index (χ3v) is 5.87. The van der Waals surface area contributed by atoms with E-state index in [1.807, 2.05) is 0 Å². The molecule has 1 aromatic carbocycles. The van der Waals surface area contributed by atoms with Gasteiger partial charge in [-0.25, -0.2) is 4.79 Å². The fourth-order valence-corrected chi connectivity index (χ4v) is 3.53. The van der Waals surface area contributed by atoms with Gasteiger partial charge in [0.25, 0.3) is 0 Å². The lowest BCUT2D eigenvalue weighted by molar-refractivity contribution is -0.142. The number of phenolic OH excluding ortho intramolecular Hbond substituents is 1. The molecule has 17 nitrogen and oxygen atoms in total. The van der Waals surface area contributed by atoms with Crippen molar-refractivity contribution < 1.29 is 39.0 Å². The first kappa shape index (κ1) is 35.1. The molecule has 0 aliphatic carbocycles. The van der Waals surface area contributed by atoms with E-state index >= 15 is 0 Å². The van der Waals surface area contributed by atoms with Crippen molar-refractivity contribution in [1.82, 2.24) is 26.6 Å². The number of aliphatic carboxylic acids is 1. The Morgan fingerprint density at radius 1 is 0.833 bits per heavy atom. The van der Waals surface area contributed by atoms with E-state index in [1.165, 1.54) is 38.1 Å². The molecule has 232 valence electrons. The maximum absolute atomic E-state index is 13.2. The predicted molar refractivity (Wildman–Crippen MR) is 149 cm³/mol. The van der Waals surface area contributed by atoms with Gasteiger partial charge in [0.05, 0.1) is 12.5 Å². The number of guanidine groups is 1. The van der Waals surface area contributed by atoms with Gasteiger partial charge in [-0.15, -0.1) is 0 Å². The first-order chi connectivity index (χ1) is 19.6. The summed E-state index contributed by atoms with van der Waals surface area (Å²) in [6, 6.07) is -0.416. The summed E-state index contributed by atoms with van der Waals surface area (Å²) in [5, 5.41) is 38.2. The van der Waals surface area contributed by atoms with E-state index in [1.54, 1.807) is 0 Å². The number of benzene rings is 1. The lowest BCUT2D eigenvalue weighted by Crippen LogP contribution is -2.58. The Morgan fingerprint density at radius 2 is 1.36 bits per heavy atom. The monoisotopic (exact) mass is 593 g/mol. The van der Waals surface area contributed by atoms with Gasteiger partial charge < -0.3 is 54.0 Å². The predicted octanol–water partition coefficient (Wildman–Crippen LogP) is -3.54. The van der Waals surface area contributed by atoms with E-state index in [-0.39, 0.29) is 37.5 Å². The summed E-state index contributed by atoms with van der Waals surface area (Å²) < 4.78 is 0. The molecule has 5 atom stereocenters. The van der Waals surface area contributed by atoms with Crippen LogP contribution in [-0.4, -0.2) is 88.4 Å². The average Bonchev–Trinajstić information content (AvgIpc) is 2.90. The van der Waals surface area contributed by atoms with E-state index in [9.17, 15) is 39.0 Å². The molecule has 1 aromatic rings. The minimum Gasteiger partial charge on any atom is -0.508 e. The van der Waals surface area contributed by atoms with Crippen molar-refractivity contribution >= 4 is 41.5 Å². The van der Waals surface area contributed by atoms with Crippen molar-refractivity contribution in [3.05, 3.63) is 29.8 Å². The number of carboxylic acids is 1. The summed E-state index contributed by atoms with van der Waals surface area (Å²) >= 11 is 0. The molecule has 1 rings (SSSR count). The summed E-state index contributed by atoms with van der Waals surface area (Å²) in [5.74, 6) is -5.59. The van der Waals surface area contributed by atoms with Gasteiger partial charge >= 0.3 is 5.97 Å². The van der Waals surface area contributed by atoms with Gasteiger partial charge in [0.2, 0.25) is 29.5 Å². The van der Waals surface area contributed by atoms with Gasteiger partial charge in [-0.2, -0.15) is 0 Å². The number of carbonyl (C=O) groups is 6. The molecule has 42 heavy (non-hydrogen) atoms. The van der Waals surface area contributed by atoms with Crippen molar-refractivity contribution in [3.63, 3.8) is 0 Å². The maximum Gasteiger partial charge on any atom is 0.326 e. The molecule has 0 aliphatic rings. The highest BCUT2D eigenvalue weighted by Gasteiger charge is 2.29. The maximum atomic E-state index is 13.2. The van der Waals surface area contributed by atoms with Crippen LogP contribution in [0.5, 0.6) is 5.75 Å². The summed E-state index contributed by atoms with van der Waals surface area (Å²) in [5.41, 5.74) is 16.3. The second kappa shape index (κ2) is 17.0. The molecule has 0 bridgehead atoms. The van der Waals surface area contributed by atoms with Crippen LogP contribution in [0, 0.1) is 5.41 Å². The lowest BCUT2D eigenvalue weighted by atomic mass is 10.0. The van der Waals surface area contributed by atoms with Crippen LogP contribution in [0.2, 0.25) is 0 Å². The lowest BCUT2D eigenvalue weighted by Gasteiger charge is -2.24. The zero-order valence-corrected chi connectivity index (χ0v) is 23.3. The van der Waals surface area contributed by atoms with Gasteiger partial charge in [-0.3, -0.25) is 29.4 Å². The molecule has 0 aromatic heterocycles. The summed E-state index contributed by atoms with van der Waals surface area (Å²) in [7, 11) is 0. The molecule has 0 fully saturated rings. The smallest absolute Gasteiger partial charge is 0.326 e. The van der Waals surface area contributed by atoms with Gasteiger partial charge in [-0.1, -0.05) is 12.1 Å². The quantitative estimate of drug-likeness (QED) is 0.0477. The highest BCUT2D eigenvalue weighted by Crippen LogP contribution is 2.12. The van der Waals surface area contributed by atoms with Crippen LogP contribution in [0.3, 0.4) is 0 Å². The van der Waals surface area contributed by atoms with Crippen LogP contribution in [0.4, 0.5) is 0 Å².